The molecule has 7 nitrogen and oxygen atoms in total. The summed E-state index contributed by atoms with van der Waals surface area (Å²) in [6, 6.07) is 8.35. The summed E-state index contributed by atoms with van der Waals surface area (Å²) in [4.78, 5) is 15.9. The van der Waals surface area contributed by atoms with Crippen LogP contribution < -0.4 is 21.3 Å². The molecule has 1 aromatic carbocycles. The van der Waals surface area contributed by atoms with Crippen molar-refractivity contribution in [3.63, 3.8) is 0 Å². The predicted molar refractivity (Wildman–Crippen MR) is 149 cm³/mol. The van der Waals surface area contributed by atoms with Crippen LogP contribution in [0.2, 0.25) is 0 Å². The number of nitrogens with two attached hydrogens (primary N) is 1. The number of hydrogen-bond acceptors (Lipinski definition) is 4. The van der Waals surface area contributed by atoms with Gasteiger partial charge in [0.25, 0.3) is 5.91 Å². The Morgan fingerprint density at radius 2 is 1.59 bits per heavy atom. The molecular weight excluding hydrogens is 453 g/mol. The third kappa shape index (κ3) is 12.2. The minimum absolute atomic E-state index is 0. The highest BCUT2D eigenvalue weighted by atomic mass is 32.2. The molecule has 1 atom stereocenters. The number of halogens is 1. The second-order valence-corrected chi connectivity index (χ2v) is 6.37. The number of rotatable bonds is 8. The van der Waals surface area contributed by atoms with Crippen molar-refractivity contribution >= 4 is 34.7 Å². The number of benzene rings is 1. The summed E-state index contributed by atoms with van der Waals surface area (Å²) >= 11 is 0. The van der Waals surface area contributed by atoms with Crippen LogP contribution in [0, 0.1) is 0 Å². The van der Waals surface area contributed by atoms with Crippen molar-refractivity contribution < 1.29 is 13.4 Å². The number of hydrazine groups is 1. The molecule has 6 N–H and O–H groups in total. The minimum Gasteiger partial charge on any atom is -0.351 e. The monoisotopic (exact) mass is 497 g/mol. The Kier molecular flexibility index (Phi) is 25.8. The van der Waals surface area contributed by atoms with Crippen molar-refractivity contribution in [3.8, 4) is 0 Å². The average molecular weight is 498 g/mol. The van der Waals surface area contributed by atoms with Gasteiger partial charge >= 0.3 is 0 Å². The molecule has 1 aromatic heterocycles. The molecule has 0 aliphatic heterocycles. The number of aromatic amines is 1. The van der Waals surface area contributed by atoms with E-state index in [-0.39, 0.29) is 20.8 Å². The topological polar surface area (TPSA) is 112 Å². The number of carbonyl (C=O) groups is 1. The molecule has 0 aliphatic carbocycles. The summed E-state index contributed by atoms with van der Waals surface area (Å²) in [5, 5.41) is 2.77. The summed E-state index contributed by atoms with van der Waals surface area (Å²) in [6.45, 7) is 17.2. The summed E-state index contributed by atoms with van der Waals surface area (Å²) in [7, 11) is -0.974. The van der Waals surface area contributed by atoms with Gasteiger partial charge < -0.3 is 15.7 Å². The van der Waals surface area contributed by atoms with E-state index in [0.717, 1.165) is 11.3 Å². The quantitative estimate of drug-likeness (QED) is 0.214. The van der Waals surface area contributed by atoms with E-state index in [4.69, 9.17) is 5.84 Å². The van der Waals surface area contributed by atoms with Gasteiger partial charge in [-0.15, -0.1) is 0 Å². The number of allylic oxidation sites excluding steroid dienone is 1. The maximum Gasteiger partial charge on any atom is 0.272 e. The molecule has 34 heavy (non-hydrogen) atoms. The van der Waals surface area contributed by atoms with Gasteiger partial charge in [0, 0.05) is 11.4 Å². The number of hydrogen-bond donors (Lipinski definition) is 5. The first-order valence-corrected chi connectivity index (χ1v) is 11.3. The Balaban J connectivity index is -0.000000520. The van der Waals surface area contributed by atoms with Crippen molar-refractivity contribution in [1.82, 2.24) is 15.1 Å². The number of anilines is 1. The number of amides is 1. The molecule has 0 radical (unpaired) electrons. The SMILES string of the molecule is C.C.C=Cc1cc(C(=O)Nc2ccc(S(=O)N/C(=C/C)NN)cc2)[nH]c1C=C.CC.CC.CF. The number of aromatic nitrogens is 1. The van der Waals surface area contributed by atoms with E-state index in [2.05, 4.69) is 33.6 Å². The molecule has 194 valence electrons. The third-order valence-electron chi connectivity index (χ3n) is 3.52. The first-order chi connectivity index (χ1) is 15.5. The van der Waals surface area contributed by atoms with Crippen LogP contribution in [0.1, 0.15) is 71.2 Å². The Morgan fingerprint density at radius 3 is 1.97 bits per heavy atom. The minimum atomic E-state index is -1.47. The molecule has 0 aliphatic rings. The number of carbonyl (C=O) groups excluding carboxylic acids is 1. The standard InChI is InChI=1S/C18H21N5O2S.2C2H6.CH3F.2CH4/c1-4-12-11-16(21-15(12)5-2)18(24)20-13-7-9-14(10-8-13)26(25)23-17(6-3)22-19;3*1-2;;/h4-11,21-23H,1-2,19H2,3H3,(H,20,24);2*1-2H3;1H3;2*1H4/b17-6+;;;;;. The predicted octanol–water partition coefficient (Wildman–Crippen LogP) is 6.40. The van der Waals surface area contributed by atoms with Gasteiger partial charge in [-0.25, -0.2) is 10.1 Å². The zero-order chi connectivity index (χ0) is 25.1. The summed E-state index contributed by atoms with van der Waals surface area (Å²) in [6.07, 6.45) is 4.94. The highest BCUT2D eigenvalue weighted by Gasteiger charge is 2.12. The van der Waals surface area contributed by atoms with Crippen LogP contribution in [0.15, 0.2) is 60.3 Å². The average Bonchev–Trinajstić information content (AvgIpc) is 3.30. The molecule has 1 heterocycles. The summed E-state index contributed by atoms with van der Waals surface area (Å²) in [5.74, 6) is 5.45. The van der Waals surface area contributed by atoms with Crippen LogP contribution >= 0.6 is 0 Å². The van der Waals surface area contributed by atoms with Crippen molar-refractivity contribution in [2.24, 2.45) is 5.84 Å². The van der Waals surface area contributed by atoms with Gasteiger partial charge in [-0.1, -0.05) is 61.8 Å². The molecule has 0 saturated heterocycles. The normalized spacial score (nSPS) is 9.82. The van der Waals surface area contributed by atoms with E-state index < -0.39 is 11.0 Å². The van der Waals surface area contributed by atoms with E-state index in [1.807, 2.05) is 27.7 Å². The lowest BCUT2D eigenvalue weighted by atomic mass is 10.2. The fourth-order valence-corrected chi connectivity index (χ4v) is 3.02. The lowest BCUT2D eigenvalue weighted by molar-refractivity contribution is 0.102. The highest BCUT2D eigenvalue weighted by molar-refractivity contribution is 7.83. The van der Waals surface area contributed by atoms with Gasteiger partial charge in [0.15, 0.2) is 11.0 Å². The summed E-state index contributed by atoms with van der Waals surface area (Å²) < 4.78 is 24.4. The second-order valence-electron chi connectivity index (χ2n) is 5.16. The van der Waals surface area contributed by atoms with Crippen LogP contribution in [-0.4, -0.2) is 22.3 Å². The van der Waals surface area contributed by atoms with Crippen LogP contribution in [0.4, 0.5) is 10.1 Å². The Bertz CT molecular complexity index is 852. The van der Waals surface area contributed by atoms with Crippen LogP contribution in [-0.2, 0) is 11.0 Å². The maximum atomic E-state index is 12.3. The van der Waals surface area contributed by atoms with Crippen molar-refractivity contribution in [2.75, 3.05) is 12.5 Å². The molecule has 0 fully saturated rings. The van der Waals surface area contributed by atoms with Gasteiger partial charge in [-0.3, -0.25) is 13.9 Å². The van der Waals surface area contributed by atoms with E-state index >= 15 is 0 Å². The van der Waals surface area contributed by atoms with Crippen LogP contribution in [0.25, 0.3) is 12.2 Å². The molecule has 2 aromatic rings. The summed E-state index contributed by atoms with van der Waals surface area (Å²) in [5.41, 5.74) is 4.92. The number of alkyl halides is 1. The number of nitrogens with one attached hydrogen (secondary N) is 4. The molecule has 0 bridgehead atoms. The Morgan fingerprint density at radius 1 is 1.06 bits per heavy atom. The third-order valence-corrected chi connectivity index (χ3v) is 4.63. The molecule has 1 unspecified atom stereocenters. The Hall–Kier alpha value is -3.17. The van der Waals surface area contributed by atoms with Gasteiger partial charge in [0.05, 0.1) is 12.1 Å². The van der Waals surface area contributed by atoms with E-state index in [9.17, 15) is 13.4 Å². The fraction of sp³-hybridized carbons (Fsp3) is 0.320. The molecular formula is C25H44FN5O2S. The Labute approximate surface area is 208 Å². The lowest BCUT2D eigenvalue weighted by Crippen LogP contribution is -2.32. The smallest absolute Gasteiger partial charge is 0.272 e. The van der Waals surface area contributed by atoms with Crippen LogP contribution in [0.5, 0.6) is 0 Å². The zero-order valence-corrected chi connectivity index (χ0v) is 20.5. The first-order valence-electron chi connectivity index (χ1n) is 10.1. The van der Waals surface area contributed by atoms with E-state index in [1.165, 1.54) is 0 Å². The molecule has 1 amide bonds. The fourth-order valence-electron chi connectivity index (χ4n) is 2.14. The van der Waals surface area contributed by atoms with Gasteiger partial charge in [-0.05, 0) is 55.0 Å². The van der Waals surface area contributed by atoms with Crippen molar-refractivity contribution in [3.05, 3.63) is 72.3 Å². The van der Waals surface area contributed by atoms with Crippen molar-refractivity contribution in [2.45, 2.75) is 54.4 Å². The highest BCUT2D eigenvalue weighted by Crippen LogP contribution is 2.17. The largest absolute Gasteiger partial charge is 0.351 e. The van der Waals surface area contributed by atoms with E-state index in [0.29, 0.717) is 29.3 Å². The van der Waals surface area contributed by atoms with Gasteiger partial charge in [0.1, 0.15) is 11.5 Å². The van der Waals surface area contributed by atoms with E-state index in [1.54, 1.807) is 55.5 Å². The first kappa shape index (κ1) is 38.1. The second kappa shape index (κ2) is 23.0. The van der Waals surface area contributed by atoms with Gasteiger partial charge in [0.2, 0.25) is 0 Å². The van der Waals surface area contributed by atoms with Crippen LogP contribution in [0.3, 0.4) is 0 Å². The van der Waals surface area contributed by atoms with Gasteiger partial charge in [-0.2, -0.15) is 0 Å². The maximum absolute atomic E-state index is 12.3. The molecule has 0 spiro atoms. The zero-order valence-electron chi connectivity index (χ0n) is 19.7. The number of H-pyrrole nitrogens is 1. The molecule has 0 saturated carbocycles. The molecule has 9 heteroatoms. The van der Waals surface area contributed by atoms with Crippen molar-refractivity contribution in [1.29, 1.82) is 0 Å². The lowest BCUT2D eigenvalue weighted by Gasteiger charge is -2.10. The molecule has 2 rings (SSSR count).